The SMILES string of the molecule is COc1cccc(CCNC(=O)CCC(=O)c2ccccc2F)c1. The minimum Gasteiger partial charge on any atom is -0.497 e. The normalized spacial score (nSPS) is 10.2. The first kappa shape index (κ1) is 17.7. The van der Waals surface area contributed by atoms with Gasteiger partial charge < -0.3 is 10.1 Å². The molecule has 0 unspecified atom stereocenters. The molecule has 2 aromatic carbocycles. The number of hydrogen-bond donors (Lipinski definition) is 1. The molecule has 0 radical (unpaired) electrons. The van der Waals surface area contributed by atoms with Gasteiger partial charge in [0.25, 0.3) is 0 Å². The number of carbonyl (C=O) groups excluding carboxylic acids is 2. The highest BCUT2D eigenvalue weighted by molar-refractivity contribution is 5.98. The van der Waals surface area contributed by atoms with Gasteiger partial charge in [-0.15, -0.1) is 0 Å². The Morgan fingerprint density at radius 2 is 1.88 bits per heavy atom. The van der Waals surface area contributed by atoms with Crippen molar-refractivity contribution in [2.75, 3.05) is 13.7 Å². The molecule has 4 nitrogen and oxygen atoms in total. The Morgan fingerprint density at radius 1 is 1.08 bits per heavy atom. The minimum atomic E-state index is -0.555. The zero-order valence-corrected chi connectivity index (χ0v) is 13.5. The first-order chi connectivity index (χ1) is 11.6. The number of ether oxygens (including phenoxy) is 1. The monoisotopic (exact) mass is 329 g/mol. The molecule has 0 aromatic heterocycles. The average Bonchev–Trinajstić information content (AvgIpc) is 2.60. The lowest BCUT2D eigenvalue weighted by Crippen LogP contribution is -2.26. The van der Waals surface area contributed by atoms with Crippen LogP contribution in [0, 0.1) is 5.82 Å². The highest BCUT2D eigenvalue weighted by Crippen LogP contribution is 2.13. The van der Waals surface area contributed by atoms with E-state index in [9.17, 15) is 14.0 Å². The van der Waals surface area contributed by atoms with Crippen LogP contribution < -0.4 is 10.1 Å². The molecule has 0 aliphatic heterocycles. The average molecular weight is 329 g/mol. The number of ketones is 1. The van der Waals surface area contributed by atoms with E-state index in [4.69, 9.17) is 4.74 Å². The topological polar surface area (TPSA) is 55.4 Å². The van der Waals surface area contributed by atoms with Gasteiger partial charge in [0.2, 0.25) is 5.91 Å². The predicted molar refractivity (Wildman–Crippen MR) is 89.7 cm³/mol. The molecule has 0 saturated carbocycles. The number of amides is 1. The molecule has 0 heterocycles. The van der Waals surface area contributed by atoms with Crippen LogP contribution in [-0.2, 0) is 11.2 Å². The van der Waals surface area contributed by atoms with Crippen LogP contribution in [0.4, 0.5) is 4.39 Å². The fourth-order valence-corrected chi connectivity index (χ4v) is 2.31. The van der Waals surface area contributed by atoms with Crippen molar-refractivity contribution in [3.8, 4) is 5.75 Å². The number of Topliss-reactive ketones (excluding diaryl/α,β-unsaturated/α-hetero) is 1. The third-order valence-corrected chi connectivity index (χ3v) is 3.62. The van der Waals surface area contributed by atoms with Gasteiger partial charge in [-0.1, -0.05) is 24.3 Å². The molecule has 1 amide bonds. The lowest BCUT2D eigenvalue weighted by atomic mass is 10.1. The fraction of sp³-hybridized carbons (Fsp3) is 0.263. The van der Waals surface area contributed by atoms with Crippen LogP contribution in [0.15, 0.2) is 48.5 Å². The maximum Gasteiger partial charge on any atom is 0.220 e. The van der Waals surface area contributed by atoms with Crippen LogP contribution in [0.1, 0.15) is 28.8 Å². The molecule has 24 heavy (non-hydrogen) atoms. The van der Waals surface area contributed by atoms with Gasteiger partial charge in [0.1, 0.15) is 11.6 Å². The number of benzene rings is 2. The van der Waals surface area contributed by atoms with Crippen molar-refractivity contribution in [1.29, 1.82) is 0 Å². The molecule has 2 aromatic rings. The summed E-state index contributed by atoms with van der Waals surface area (Å²) in [6.45, 7) is 0.472. The van der Waals surface area contributed by atoms with Gasteiger partial charge in [-0.25, -0.2) is 4.39 Å². The molecule has 5 heteroatoms. The van der Waals surface area contributed by atoms with Crippen LogP contribution in [0.5, 0.6) is 5.75 Å². The Kier molecular flexibility index (Phi) is 6.49. The second-order valence-corrected chi connectivity index (χ2v) is 5.35. The van der Waals surface area contributed by atoms with E-state index in [1.807, 2.05) is 24.3 Å². The number of methoxy groups -OCH3 is 1. The van der Waals surface area contributed by atoms with E-state index >= 15 is 0 Å². The number of carbonyl (C=O) groups is 2. The van der Waals surface area contributed by atoms with Crippen LogP contribution in [0.3, 0.4) is 0 Å². The first-order valence-corrected chi connectivity index (χ1v) is 7.77. The van der Waals surface area contributed by atoms with E-state index in [0.29, 0.717) is 13.0 Å². The molecular weight excluding hydrogens is 309 g/mol. The molecule has 0 fully saturated rings. The quantitative estimate of drug-likeness (QED) is 0.757. The smallest absolute Gasteiger partial charge is 0.220 e. The molecule has 0 spiro atoms. The third-order valence-electron chi connectivity index (χ3n) is 3.62. The highest BCUT2D eigenvalue weighted by atomic mass is 19.1. The van der Waals surface area contributed by atoms with Gasteiger partial charge in [-0.2, -0.15) is 0 Å². The van der Waals surface area contributed by atoms with Gasteiger partial charge in [0.05, 0.1) is 12.7 Å². The van der Waals surface area contributed by atoms with E-state index < -0.39 is 5.82 Å². The maximum absolute atomic E-state index is 13.5. The van der Waals surface area contributed by atoms with Crippen molar-refractivity contribution in [2.45, 2.75) is 19.3 Å². The van der Waals surface area contributed by atoms with Gasteiger partial charge in [0.15, 0.2) is 5.78 Å². The van der Waals surface area contributed by atoms with Crippen molar-refractivity contribution in [2.24, 2.45) is 0 Å². The summed E-state index contributed by atoms with van der Waals surface area (Å²) >= 11 is 0. The Balaban J connectivity index is 1.73. The first-order valence-electron chi connectivity index (χ1n) is 7.77. The van der Waals surface area contributed by atoms with Crippen LogP contribution >= 0.6 is 0 Å². The fourth-order valence-electron chi connectivity index (χ4n) is 2.31. The highest BCUT2D eigenvalue weighted by Gasteiger charge is 2.12. The number of hydrogen-bond acceptors (Lipinski definition) is 3. The van der Waals surface area contributed by atoms with E-state index in [-0.39, 0.29) is 30.1 Å². The lowest BCUT2D eigenvalue weighted by Gasteiger charge is -2.07. The van der Waals surface area contributed by atoms with Crippen LogP contribution in [0.2, 0.25) is 0 Å². The van der Waals surface area contributed by atoms with Crippen molar-refractivity contribution in [3.63, 3.8) is 0 Å². The van der Waals surface area contributed by atoms with E-state index in [1.165, 1.54) is 18.2 Å². The minimum absolute atomic E-state index is 0.00801. The lowest BCUT2D eigenvalue weighted by molar-refractivity contribution is -0.121. The number of halogens is 1. The summed E-state index contributed by atoms with van der Waals surface area (Å²) in [5.74, 6) is -0.367. The molecule has 0 saturated heterocycles. The standard InChI is InChI=1S/C19H20FNO3/c1-24-15-6-4-5-14(13-15)11-12-21-19(23)10-9-18(22)16-7-2-3-8-17(16)20/h2-8,13H,9-12H2,1H3,(H,21,23). The summed E-state index contributed by atoms with van der Waals surface area (Å²) < 4.78 is 18.6. The summed E-state index contributed by atoms with van der Waals surface area (Å²) in [6, 6.07) is 13.4. The molecule has 126 valence electrons. The van der Waals surface area contributed by atoms with Crippen molar-refractivity contribution in [3.05, 3.63) is 65.5 Å². The summed E-state index contributed by atoms with van der Waals surface area (Å²) in [5, 5.41) is 2.76. The third kappa shape index (κ3) is 5.19. The second kappa shape index (κ2) is 8.82. The number of nitrogens with one attached hydrogen (secondary N) is 1. The Morgan fingerprint density at radius 3 is 2.62 bits per heavy atom. The second-order valence-electron chi connectivity index (χ2n) is 5.35. The van der Waals surface area contributed by atoms with E-state index in [1.54, 1.807) is 13.2 Å². The molecule has 0 aliphatic rings. The zero-order chi connectivity index (χ0) is 17.4. The maximum atomic E-state index is 13.5. The molecular formula is C19H20FNO3. The van der Waals surface area contributed by atoms with Gasteiger partial charge in [-0.3, -0.25) is 9.59 Å². The van der Waals surface area contributed by atoms with Crippen LogP contribution in [-0.4, -0.2) is 25.3 Å². The largest absolute Gasteiger partial charge is 0.497 e. The Bertz CT molecular complexity index is 715. The number of rotatable bonds is 8. The van der Waals surface area contributed by atoms with Crippen molar-refractivity contribution < 1.29 is 18.7 Å². The van der Waals surface area contributed by atoms with E-state index in [0.717, 1.165) is 11.3 Å². The van der Waals surface area contributed by atoms with Crippen molar-refractivity contribution in [1.82, 2.24) is 5.32 Å². The Labute approximate surface area is 140 Å². The van der Waals surface area contributed by atoms with E-state index in [2.05, 4.69) is 5.32 Å². The van der Waals surface area contributed by atoms with Crippen LogP contribution in [0.25, 0.3) is 0 Å². The zero-order valence-electron chi connectivity index (χ0n) is 13.5. The molecule has 0 bridgehead atoms. The van der Waals surface area contributed by atoms with Gasteiger partial charge >= 0.3 is 0 Å². The molecule has 0 aliphatic carbocycles. The summed E-state index contributed by atoms with van der Waals surface area (Å²) in [7, 11) is 1.60. The predicted octanol–water partition coefficient (Wildman–Crippen LogP) is 3.16. The molecule has 0 atom stereocenters. The summed E-state index contributed by atoms with van der Waals surface area (Å²) in [6.07, 6.45) is 0.710. The summed E-state index contributed by atoms with van der Waals surface area (Å²) in [4.78, 5) is 23.7. The molecule has 1 N–H and O–H groups in total. The molecule has 2 rings (SSSR count). The van der Waals surface area contributed by atoms with Gasteiger partial charge in [0, 0.05) is 19.4 Å². The summed E-state index contributed by atoms with van der Waals surface area (Å²) in [5.41, 5.74) is 1.08. The van der Waals surface area contributed by atoms with Crippen molar-refractivity contribution >= 4 is 11.7 Å². The van der Waals surface area contributed by atoms with Gasteiger partial charge in [-0.05, 0) is 36.2 Å². The Hall–Kier alpha value is -2.69.